The number of hydrogen-bond donors (Lipinski definition) is 1. The fraction of sp³-hybridized carbons (Fsp3) is 0.786. The molecule has 1 aromatic rings. The van der Waals surface area contributed by atoms with E-state index in [0.717, 1.165) is 38.0 Å². The first-order valence-corrected chi connectivity index (χ1v) is 7.03. The summed E-state index contributed by atoms with van der Waals surface area (Å²) in [5.74, 6) is 0. The zero-order valence-corrected chi connectivity index (χ0v) is 11.7. The first-order valence-electron chi connectivity index (χ1n) is 7.03. The van der Waals surface area contributed by atoms with Crippen molar-refractivity contribution >= 4 is 0 Å². The van der Waals surface area contributed by atoms with Crippen LogP contribution in [-0.4, -0.2) is 21.8 Å². The lowest BCUT2D eigenvalue weighted by Gasteiger charge is -2.41. The van der Waals surface area contributed by atoms with E-state index in [1.807, 2.05) is 19.4 Å². The molecule has 2 heterocycles. The molecule has 1 fully saturated rings. The molecule has 2 atom stereocenters. The molecule has 0 saturated carbocycles. The van der Waals surface area contributed by atoms with Crippen molar-refractivity contribution in [2.75, 3.05) is 6.61 Å². The van der Waals surface area contributed by atoms with E-state index < -0.39 is 0 Å². The van der Waals surface area contributed by atoms with Gasteiger partial charge in [-0.05, 0) is 32.6 Å². The molecule has 0 radical (unpaired) electrons. The van der Waals surface area contributed by atoms with Gasteiger partial charge in [-0.15, -0.1) is 0 Å². The minimum atomic E-state index is 0.0352. The predicted octanol–water partition coefficient (Wildman–Crippen LogP) is 2.81. The van der Waals surface area contributed by atoms with E-state index in [9.17, 15) is 0 Å². The molecule has 1 saturated heterocycles. The van der Waals surface area contributed by atoms with Gasteiger partial charge in [0.05, 0.1) is 17.6 Å². The molecule has 4 heteroatoms. The molecule has 0 spiro atoms. The van der Waals surface area contributed by atoms with Gasteiger partial charge in [-0.3, -0.25) is 0 Å². The second-order valence-corrected chi connectivity index (χ2v) is 5.40. The molecule has 0 aliphatic carbocycles. The number of rotatable bonds is 4. The van der Waals surface area contributed by atoms with Gasteiger partial charge in [0.1, 0.15) is 0 Å². The summed E-state index contributed by atoms with van der Waals surface area (Å²) in [5, 5.41) is 0. The van der Waals surface area contributed by atoms with E-state index in [-0.39, 0.29) is 11.6 Å². The van der Waals surface area contributed by atoms with E-state index in [0.29, 0.717) is 6.04 Å². The van der Waals surface area contributed by atoms with Crippen LogP contribution in [0, 0.1) is 0 Å². The van der Waals surface area contributed by atoms with Crippen molar-refractivity contribution in [1.29, 1.82) is 0 Å². The normalized spacial score (nSPS) is 25.0. The zero-order valence-electron chi connectivity index (χ0n) is 11.7. The highest BCUT2D eigenvalue weighted by Gasteiger charge is 2.35. The minimum Gasteiger partial charge on any atom is -0.375 e. The molecule has 2 rings (SSSR count). The van der Waals surface area contributed by atoms with E-state index in [1.54, 1.807) is 0 Å². The molecule has 1 aromatic heterocycles. The van der Waals surface area contributed by atoms with Crippen LogP contribution < -0.4 is 5.73 Å². The Hall–Kier alpha value is -0.870. The summed E-state index contributed by atoms with van der Waals surface area (Å²) in [5.41, 5.74) is 7.18. The summed E-state index contributed by atoms with van der Waals surface area (Å²) in [6, 6.07) is 0.509. The Morgan fingerprint density at radius 2 is 2.28 bits per heavy atom. The number of ether oxygens (including phenoxy) is 1. The Kier molecular flexibility index (Phi) is 4.07. The maximum Gasteiger partial charge on any atom is 0.0951 e. The topological polar surface area (TPSA) is 53.1 Å². The van der Waals surface area contributed by atoms with Crippen LogP contribution in [0.1, 0.15) is 64.2 Å². The van der Waals surface area contributed by atoms with Crippen LogP contribution in [-0.2, 0) is 4.74 Å². The molecule has 18 heavy (non-hydrogen) atoms. The quantitative estimate of drug-likeness (QED) is 0.895. The second kappa shape index (κ2) is 5.41. The maximum absolute atomic E-state index is 6.03. The third kappa shape index (κ3) is 2.45. The van der Waals surface area contributed by atoms with Gasteiger partial charge in [0.15, 0.2) is 0 Å². The molecule has 0 amide bonds. The van der Waals surface area contributed by atoms with Gasteiger partial charge in [0, 0.05) is 24.9 Å². The number of aromatic nitrogens is 2. The predicted molar refractivity (Wildman–Crippen MR) is 72.4 cm³/mol. The SMILES string of the molecule is CCC1(CC)CC(n2cncc2[C@H](C)N)CCO1. The Morgan fingerprint density at radius 1 is 1.56 bits per heavy atom. The number of nitrogens with zero attached hydrogens (tertiary/aromatic N) is 2. The van der Waals surface area contributed by atoms with Crippen molar-refractivity contribution in [3.8, 4) is 0 Å². The van der Waals surface area contributed by atoms with Gasteiger partial charge in [-0.25, -0.2) is 4.98 Å². The fourth-order valence-electron chi connectivity index (χ4n) is 2.95. The van der Waals surface area contributed by atoms with Crippen molar-refractivity contribution in [3.63, 3.8) is 0 Å². The highest BCUT2D eigenvalue weighted by molar-refractivity contribution is 5.06. The summed E-state index contributed by atoms with van der Waals surface area (Å²) < 4.78 is 8.28. The Balaban J connectivity index is 2.20. The largest absolute Gasteiger partial charge is 0.375 e. The smallest absolute Gasteiger partial charge is 0.0951 e. The van der Waals surface area contributed by atoms with Crippen LogP contribution in [0.15, 0.2) is 12.5 Å². The molecule has 1 unspecified atom stereocenters. The van der Waals surface area contributed by atoms with Crippen LogP contribution in [0.3, 0.4) is 0 Å². The van der Waals surface area contributed by atoms with Crippen LogP contribution >= 0.6 is 0 Å². The number of imidazole rings is 1. The Bertz CT molecular complexity index is 382. The molecule has 0 bridgehead atoms. The number of hydrogen-bond acceptors (Lipinski definition) is 3. The van der Waals surface area contributed by atoms with Crippen LogP contribution in [0.5, 0.6) is 0 Å². The Labute approximate surface area is 110 Å². The third-order valence-corrected chi connectivity index (χ3v) is 4.31. The lowest BCUT2D eigenvalue weighted by atomic mass is 9.85. The fourth-order valence-corrected chi connectivity index (χ4v) is 2.95. The first kappa shape index (κ1) is 13.6. The standard InChI is InChI=1S/C14H25N3O/c1-4-14(5-2)8-12(6-7-18-14)17-10-16-9-13(17)11(3)15/h9-12H,4-8,15H2,1-3H3/t11-,12?/m0/s1. The molecular weight excluding hydrogens is 226 g/mol. The van der Waals surface area contributed by atoms with Crippen LogP contribution in [0.2, 0.25) is 0 Å². The van der Waals surface area contributed by atoms with Crippen molar-refractivity contribution < 1.29 is 4.74 Å². The Morgan fingerprint density at radius 3 is 2.89 bits per heavy atom. The average Bonchev–Trinajstić information content (AvgIpc) is 2.88. The van der Waals surface area contributed by atoms with E-state index in [2.05, 4.69) is 23.4 Å². The maximum atomic E-state index is 6.03. The first-order chi connectivity index (χ1) is 8.62. The molecular formula is C14H25N3O. The summed E-state index contributed by atoms with van der Waals surface area (Å²) in [6.45, 7) is 7.28. The van der Waals surface area contributed by atoms with Gasteiger partial charge in [0.2, 0.25) is 0 Å². The second-order valence-electron chi connectivity index (χ2n) is 5.40. The van der Waals surface area contributed by atoms with Gasteiger partial charge in [0.25, 0.3) is 0 Å². The molecule has 2 N–H and O–H groups in total. The summed E-state index contributed by atoms with van der Waals surface area (Å²) in [7, 11) is 0. The van der Waals surface area contributed by atoms with E-state index in [1.165, 1.54) is 0 Å². The van der Waals surface area contributed by atoms with Gasteiger partial charge in [-0.2, -0.15) is 0 Å². The van der Waals surface area contributed by atoms with Crippen LogP contribution in [0.25, 0.3) is 0 Å². The van der Waals surface area contributed by atoms with Crippen molar-refractivity contribution in [3.05, 3.63) is 18.2 Å². The zero-order chi connectivity index (χ0) is 13.2. The van der Waals surface area contributed by atoms with Gasteiger partial charge >= 0.3 is 0 Å². The van der Waals surface area contributed by atoms with Crippen molar-refractivity contribution in [2.45, 2.75) is 64.1 Å². The van der Waals surface area contributed by atoms with Crippen molar-refractivity contribution in [2.24, 2.45) is 5.73 Å². The molecule has 1 aliphatic heterocycles. The van der Waals surface area contributed by atoms with E-state index in [4.69, 9.17) is 10.5 Å². The summed E-state index contributed by atoms with van der Waals surface area (Å²) in [6.07, 6.45) is 8.07. The lowest BCUT2D eigenvalue weighted by molar-refractivity contribution is -0.0990. The minimum absolute atomic E-state index is 0.0352. The molecule has 102 valence electrons. The molecule has 1 aliphatic rings. The number of nitrogens with two attached hydrogens (primary N) is 1. The monoisotopic (exact) mass is 251 g/mol. The average molecular weight is 251 g/mol. The highest BCUT2D eigenvalue weighted by atomic mass is 16.5. The van der Waals surface area contributed by atoms with Crippen molar-refractivity contribution in [1.82, 2.24) is 9.55 Å². The van der Waals surface area contributed by atoms with Gasteiger partial charge in [-0.1, -0.05) is 13.8 Å². The highest BCUT2D eigenvalue weighted by Crippen LogP contribution is 2.37. The molecule has 4 nitrogen and oxygen atoms in total. The third-order valence-electron chi connectivity index (χ3n) is 4.31. The summed E-state index contributed by atoms with van der Waals surface area (Å²) in [4.78, 5) is 4.26. The molecule has 0 aromatic carbocycles. The van der Waals surface area contributed by atoms with E-state index >= 15 is 0 Å². The van der Waals surface area contributed by atoms with Gasteiger partial charge < -0.3 is 15.0 Å². The van der Waals surface area contributed by atoms with Crippen LogP contribution in [0.4, 0.5) is 0 Å². The summed E-state index contributed by atoms with van der Waals surface area (Å²) >= 11 is 0. The lowest BCUT2D eigenvalue weighted by Crippen LogP contribution is -2.39.